The number of allylic oxidation sites excluding steroid dienone is 1. The van der Waals surface area contributed by atoms with Crippen LogP contribution in [-0.2, 0) is 4.74 Å². The first-order valence-corrected chi connectivity index (χ1v) is 4.69. The number of ether oxygens (including phenoxy) is 1. The molecule has 0 radical (unpaired) electrons. The molecule has 12 heavy (non-hydrogen) atoms. The second kappa shape index (κ2) is 2.86. The van der Waals surface area contributed by atoms with Crippen molar-refractivity contribution in [1.82, 2.24) is 0 Å². The molecule has 0 aromatic rings. The zero-order chi connectivity index (χ0) is 8.72. The van der Waals surface area contributed by atoms with Crippen LogP contribution in [0.5, 0.6) is 0 Å². The van der Waals surface area contributed by atoms with E-state index in [4.69, 9.17) is 4.74 Å². The second-order valence-electron chi connectivity index (χ2n) is 4.04. The van der Waals surface area contributed by atoms with E-state index in [0.29, 0.717) is 18.4 Å². The van der Waals surface area contributed by atoms with Crippen LogP contribution in [0.4, 0.5) is 0 Å². The molecule has 1 saturated heterocycles. The average molecular weight is 168 g/mol. The van der Waals surface area contributed by atoms with Gasteiger partial charge in [0, 0.05) is 0 Å². The predicted octanol–water partition coefficient (Wildman–Crippen LogP) is 1.70. The van der Waals surface area contributed by atoms with Crippen LogP contribution in [0.25, 0.3) is 0 Å². The molecule has 68 valence electrons. The first-order valence-electron chi connectivity index (χ1n) is 4.69. The van der Waals surface area contributed by atoms with Gasteiger partial charge in [-0.25, -0.2) is 0 Å². The summed E-state index contributed by atoms with van der Waals surface area (Å²) in [7, 11) is 0. The lowest BCUT2D eigenvalue weighted by Gasteiger charge is -2.32. The molecule has 2 aliphatic rings. The topological polar surface area (TPSA) is 29.5 Å². The van der Waals surface area contributed by atoms with Crippen molar-refractivity contribution >= 4 is 0 Å². The Morgan fingerprint density at radius 3 is 2.92 bits per heavy atom. The molecule has 3 atom stereocenters. The third-order valence-corrected chi connectivity index (χ3v) is 3.19. The van der Waals surface area contributed by atoms with E-state index in [-0.39, 0.29) is 0 Å². The van der Waals surface area contributed by atoms with Crippen LogP contribution in [0.2, 0.25) is 0 Å². The van der Waals surface area contributed by atoms with Crippen molar-refractivity contribution in [2.75, 3.05) is 6.61 Å². The summed E-state index contributed by atoms with van der Waals surface area (Å²) in [6.07, 6.45) is 1.75. The summed E-state index contributed by atoms with van der Waals surface area (Å²) >= 11 is 0. The van der Waals surface area contributed by atoms with Crippen molar-refractivity contribution in [2.45, 2.75) is 33.0 Å². The summed E-state index contributed by atoms with van der Waals surface area (Å²) < 4.78 is 5.27. The molecule has 1 fully saturated rings. The van der Waals surface area contributed by atoms with Crippen molar-refractivity contribution in [3.8, 4) is 0 Å². The van der Waals surface area contributed by atoms with E-state index in [2.05, 4.69) is 13.8 Å². The molecule has 2 rings (SSSR count). The Labute approximate surface area is 73.2 Å². The van der Waals surface area contributed by atoms with E-state index < -0.39 is 6.29 Å². The Bertz CT molecular complexity index is 220. The summed E-state index contributed by atoms with van der Waals surface area (Å²) in [6.45, 7) is 5.03. The van der Waals surface area contributed by atoms with Crippen molar-refractivity contribution in [2.24, 2.45) is 11.8 Å². The van der Waals surface area contributed by atoms with Crippen LogP contribution in [-0.4, -0.2) is 18.0 Å². The van der Waals surface area contributed by atoms with Gasteiger partial charge in [0.1, 0.15) is 0 Å². The third-order valence-electron chi connectivity index (χ3n) is 3.19. The fraction of sp³-hybridized carbons (Fsp3) is 0.800. The van der Waals surface area contributed by atoms with Crippen molar-refractivity contribution in [3.63, 3.8) is 0 Å². The van der Waals surface area contributed by atoms with Crippen LogP contribution in [0, 0.1) is 11.8 Å². The zero-order valence-corrected chi connectivity index (χ0v) is 7.71. The molecule has 2 nitrogen and oxygen atoms in total. The first-order chi connectivity index (χ1) is 5.70. The molecule has 0 aromatic carbocycles. The second-order valence-corrected chi connectivity index (χ2v) is 4.04. The SMILES string of the molecule is CC1=C2[C@@H](O)OCC(C)[C@H]2CC1. The highest BCUT2D eigenvalue weighted by Gasteiger charge is 2.36. The van der Waals surface area contributed by atoms with Crippen LogP contribution >= 0.6 is 0 Å². The molecular formula is C10H16O2. The Hall–Kier alpha value is -0.340. The summed E-state index contributed by atoms with van der Waals surface area (Å²) in [5, 5.41) is 9.59. The third kappa shape index (κ3) is 1.10. The minimum absolute atomic E-state index is 0.584. The molecule has 1 aliphatic carbocycles. The summed E-state index contributed by atoms with van der Waals surface area (Å²) in [6, 6.07) is 0. The summed E-state index contributed by atoms with van der Waals surface area (Å²) in [5.41, 5.74) is 2.52. The Balaban J connectivity index is 2.27. The van der Waals surface area contributed by atoms with Gasteiger partial charge in [0.15, 0.2) is 6.29 Å². The lowest BCUT2D eigenvalue weighted by atomic mass is 9.86. The van der Waals surface area contributed by atoms with Gasteiger partial charge < -0.3 is 9.84 Å². The summed E-state index contributed by atoms with van der Waals surface area (Å²) in [5.74, 6) is 1.18. The van der Waals surface area contributed by atoms with E-state index in [0.717, 1.165) is 6.42 Å². The van der Waals surface area contributed by atoms with E-state index in [9.17, 15) is 5.11 Å². The number of hydrogen-bond donors (Lipinski definition) is 1. The molecular weight excluding hydrogens is 152 g/mol. The predicted molar refractivity (Wildman–Crippen MR) is 46.5 cm³/mol. The van der Waals surface area contributed by atoms with E-state index in [1.54, 1.807) is 0 Å². The van der Waals surface area contributed by atoms with Crippen molar-refractivity contribution < 1.29 is 9.84 Å². The standard InChI is InChI=1S/C10H16O2/c1-6-3-4-8-7(2)5-12-10(11)9(6)8/h7-8,10-11H,3-5H2,1-2H3/t7?,8-,10+/m1/s1. The molecule has 0 bridgehead atoms. The van der Waals surface area contributed by atoms with Gasteiger partial charge in [0.2, 0.25) is 0 Å². The lowest BCUT2D eigenvalue weighted by molar-refractivity contribution is -0.115. The highest BCUT2D eigenvalue weighted by Crippen LogP contribution is 2.41. The van der Waals surface area contributed by atoms with Gasteiger partial charge in [-0.1, -0.05) is 12.5 Å². The molecule has 0 amide bonds. The van der Waals surface area contributed by atoms with Gasteiger partial charge in [-0.15, -0.1) is 0 Å². The quantitative estimate of drug-likeness (QED) is 0.558. The normalized spacial score (nSPS) is 41.8. The molecule has 1 N–H and O–H groups in total. The highest BCUT2D eigenvalue weighted by molar-refractivity contribution is 5.25. The maximum atomic E-state index is 9.59. The van der Waals surface area contributed by atoms with Gasteiger partial charge >= 0.3 is 0 Å². The maximum absolute atomic E-state index is 9.59. The van der Waals surface area contributed by atoms with Gasteiger partial charge in [-0.05, 0) is 37.2 Å². The van der Waals surface area contributed by atoms with E-state index in [1.165, 1.54) is 17.6 Å². The van der Waals surface area contributed by atoms with Gasteiger partial charge in [-0.3, -0.25) is 0 Å². The highest BCUT2D eigenvalue weighted by atomic mass is 16.6. The van der Waals surface area contributed by atoms with Crippen molar-refractivity contribution in [1.29, 1.82) is 0 Å². The Kier molecular flexibility index (Phi) is 1.97. The number of aliphatic hydroxyl groups excluding tert-OH is 1. The molecule has 1 unspecified atom stereocenters. The fourth-order valence-corrected chi connectivity index (χ4v) is 2.42. The van der Waals surface area contributed by atoms with Crippen LogP contribution in [0.3, 0.4) is 0 Å². The molecule has 1 aliphatic heterocycles. The molecule has 0 spiro atoms. The van der Waals surface area contributed by atoms with Gasteiger partial charge in [0.05, 0.1) is 6.61 Å². The van der Waals surface area contributed by atoms with Crippen molar-refractivity contribution in [3.05, 3.63) is 11.1 Å². The number of hydrogen-bond acceptors (Lipinski definition) is 2. The largest absolute Gasteiger partial charge is 0.364 e. The Morgan fingerprint density at radius 2 is 2.25 bits per heavy atom. The van der Waals surface area contributed by atoms with Crippen LogP contribution in [0.15, 0.2) is 11.1 Å². The van der Waals surface area contributed by atoms with Crippen LogP contribution in [0.1, 0.15) is 26.7 Å². The van der Waals surface area contributed by atoms with E-state index >= 15 is 0 Å². The molecule has 2 heteroatoms. The van der Waals surface area contributed by atoms with E-state index in [1.807, 2.05) is 0 Å². The number of fused-ring (bicyclic) bond motifs is 1. The fourth-order valence-electron chi connectivity index (χ4n) is 2.42. The molecule has 0 saturated carbocycles. The molecule has 1 heterocycles. The maximum Gasteiger partial charge on any atom is 0.177 e. The van der Waals surface area contributed by atoms with Gasteiger partial charge in [-0.2, -0.15) is 0 Å². The number of rotatable bonds is 0. The van der Waals surface area contributed by atoms with Gasteiger partial charge in [0.25, 0.3) is 0 Å². The monoisotopic (exact) mass is 168 g/mol. The minimum Gasteiger partial charge on any atom is -0.364 e. The molecule has 0 aromatic heterocycles. The number of aliphatic hydroxyl groups is 1. The average Bonchev–Trinajstić information content (AvgIpc) is 2.42. The lowest BCUT2D eigenvalue weighted by Crippen LogP contribution is -2.33. The minimum atomic E-state index is -0.603. The summed E-state index contributed by atoms with van der Waals surface area (Å²) in [4.78, 5) is 0. The first kappa shape index (κ1) is 8.27. The smallest absolute Gasteiger partial charge is 0.177 e. The zero-order valence-electron chi connectivity index (χ0n) is 7.71. The Morgan fingerprint density at radius 1 is 1.50 bits per heavy atom. The van der Waals surface area contributed by atoms with Crippen LogP contribution < -0.4 is 0 Å².